The highest BCUT2D eigenvalue weighted by atomic mass is 79.9. The van der Waals surface area contributed by atoms with Gasteiger partial charge in [-0.15, -0.1) is 0 Å². The summed E-state index contributed by atoms with van der Waals surface area (Å²) < 4.78 is 36.5. The summed E-state index contributed by atoms with van der Waals surface area (Å²) in [5, 5.41) is 3.87. The monoisotopic (exact) mass is 454 g/mol. The van der Waals surface area contributed by atoms with Gasteiger partial charge in [0.2, 0.25) is 0 Å². The third-order valence-electron chi connectivity index (χ3n) is 3.78. The molecule has 0 saturated heterocycles. The van der Waals surface area contributed by atoms with E-state index in [0.29, 0.717) is 21.5 Å². The molecular formula is C19H23BrN2O4S. The molecule has 0 fully saturated rings. The summed E-state index contributed by atoms with van der Waals surface area (Å²) in [7, 11) is -2.20. The molecule has 2 aromatic carbocycles. The Labute approximate surface area is 168 Å². The van der Waals surface area contributed by atoms with Crippen molar-refractivity contribution in [2.24, 2.45) is 5.10 Å². The maximum Gasteiger partial charge on any atom is 0.276 e. The molecule has 0 aliphatic rings. The number of methoxy groups -OCH3 is 1. The number of aryl methyl sites for hydroxylation is 2. The van der Waals surface area contributed by atoms with E-state index >= 15 is 0 Å². The molecule has 0 saturated carbocycles. The van der Waals surface area contributed by atoms with Gasteiger partial charge in [-0.3, -0.25) is 0 Å². The van der Waals surface area contributed by atoms with Crippen molar-refractivity contribution in [2.75, 3.05) is 7.11 Å². The van der Waals surface area contributed by atoms with E-state index in [2.05, 4.69) is 25.9 Å². The number of hydrazone groups is 1. The minimum Gasteiger partial charge on any atom is -0.493 e. The molecule has 0 aliphatic carbocycles. The molecule has 0 bridgehead atoms. The van der Waals surface area contributed by atoms with Gasteiger partial charge in [0.15, 0.2) is 11.5 Å². The van der Waals surface area contributed by atoms with Gasteiger partial charge < -0.3 is 9.47 Å². The van der Waals surface area contributed by atoms with Crippen molar-refractivity contribution in [1.29, 1.82) is 0 Å². The van der Waals surface area contributed by atoms with Crippen LogP contribution in [0, 0.1) is 13.8 Å². The van der Waals surface area contributed by atoms with E-state index < -0.39 is 10.0 Å². The van der Waals surface area contributed by atoms with Crippen molar-refractivity contribution in [3.63, 3.8) is 0 Å². The van der Waals surface area contributed by atoms with E-state index in [-0.39, 0.29) is 11.0 Å². The number of nitrogens with zero attached hydrogens (tertiary/aromatic N) is 1. The van der Waals surface area contributed by atoms with Crippen molar-refractivity contribution in [2.45, 2.75) is 38.7 Å². The van der Waals surface area contributed by atoms with Gasteiger partial charge in [-0.2, -0.15) is 13.5 Å². The van der Waals surface area contributed by atoms with Crippen molar-refractivity contribution >= 4 is 32.2 Å². The van der Waals surface area contributed by atoms with Crippen LogP contribution in [0.25, 0.3) is 0 Å². The fourth-order valence-corrected chi connectivity index (χ4v) is 3.70. The number of ether oxygens (including phenoxy) is 2. The van der Waals surface area contributed by atoms with Crippen LogP contribution in [0.15, 0.2) is 44.8 Å². The van der Waals surface area contributed by atoms with Gasteiger partial charge in [-0.25, -0.2) is 4.83 Å². The number of rotatable bonds is 7. The van der Waals surface area contributed by atoms with Crippen LogP contribution in [0.4, 0.5) is 0 Å². The second-order valence-corrected chi connectivity index (χ2v) is 8.81. The highest BCUT2D eigenvalue weighted by Crippen LogP contribution is 2.37. The molecule has 0 unspecified atom stereocenters. The van der Waals surface area contributed by atoms with Gasteiger partial charge in [-0.05, 0) is 84.6 Å². The average molecular weight is 455 g/mol. The number of sulfonamides is 1. The van der Waals surface area contributed by atoms with E-state index in [1.54, 1.807) is 30.3 Å². The number of halogens is 1. The topological polar surface area (TPSA) is 77.0 Å². The molecule has 1 N–H and O–H groups in total. The lowest BCUT2D eigenvalue weighted by atomic mass is 10.1. The third-order valence-corrected chi connectivity index (χ3v) is 5.59. The zero-order valence-corrected chi connectivity index (χ0v) is 18.3. The highest BCUT2D eigenvalue weighted by molar-refractivity contribution is 9.10. The number of hydrogen-bond acceptors (Lipinski definition) is 5. The van der Waals surface area contributed by atoms with Crippen LogP contribution in [0.2, 0.25) is 0 Å². The molecule has 6 nitrogen and oxygen atoms in total. The quantitative estimate of drug-likeness (QED) is 0.502. The van der Waals surface area contributed by atoms with E-state index in [1.807, 2.05) is 27.7 Å². The molecule has 0 amide bonds. The van der Waals surface area contributed by atoms with Crippen LogP contribution in [0.1, 0.15) is 30.5 Å². The minimum atomic E-state index is -3.74. The van der Waals surface area contributed by atoms with Crippen LogP contribution < -0.4 is 14.3 Å². The highest BCUT2D eigenvalue weighted by Gasteiger charge is 2.14. The summed E-state index contributed by atoms with van der Waals surface area (Å²) in [6.45, 7) is 7.63. The fraction of sp³-hybridized carbons (Fsp3) is 0.316. The zero-order valence-electron chi connectivity index (χ0n) is 15.9. The Balaban J connectivity index is 2.22. The molecular weight excluding hydrogens is 432 g/mol. The van der Waals surface area contributed by atoms with Crippen LogP contribution in [0.3, 0.4) is 0 Å². The first-order chi connectivity index (χ1) is 12.6. The largest absolute Gasteiger partial charge is 0.493 e. The lowest BCUT2D eigenvalue weighted by molar-refractivity contribution is 0.228. The summed E-state index contributed by atoms with van der Waals surface area (Å²) in [6.07, 6.45) is 1.39. The lowest BCUT2D eigenvalue weighted by Crippen LogP contribution is -2.18. The second-order valence-electron chi connectivity index (χ2n) is 6.30. The molecule has 146 valence electrons. The number of benzene rings is 2. The molecule has 8 heteroatoms. The molecule has 0 radical (unpaired) electrons. The number of nitrogens with one attached hydrogen (secondary N) is 1. The number of hydrogen-bond donors (Lipinski definition) is 1. The Morgan fingerprint density at radius 2 is 1.85 bits per heavy atom. The zero-order chi connectivity index (χ0) is 20.2. The molecule has 0 heterocycles. The summed E-state index contributed by atoms with van der Waals surface area (Å²) >= 11 is 3.44. The van der Waals surface area contributed by atoms with Crippen LogP contribution in [-0.2, 0) is 10.0 Å². The van der Waals surface area contributed by atoms with Gasteiger partial charge in [0.25, 0.3) is 10.0 Å². The molecule has 0 aromatic heterocycles. The van der Waals surface area contributed by atoms with E-state index in [9.17, 15) is 8.42 Å². The molecule has 0 aliphatic heterocycles. The second kappa shape index (κ2) is 8.75. The standard InChI is InChI=1S/C19H23BrN2O4S/c1-12(2)26-19-17(20)9-15(10-18(19)25-5)11-21-22-27(23,24)16-7-6-13(3)14(4)8-16/h6-12,22H,1-5H3/b21-11+. The third kappa shape index (κ3) is 5.46. The summed E-state index contributed by atoms with van der Waals surface area (Å²) in [4.78, 5) is 2.40. The molecule has 27 heavy (non-hydrogen) atoms. The van der Waals surface area contributed by atoms with Crippen LogP contribution in [-0.4, -0.2) is 27.8 Å². The predicted molar refractivity (Wildman–Crippen MR) is 110 cm³/mol. The normalized spacial score (nSPS) is 11.8. The molecule has 0 spiro atoms. The minimum absolute atomic E-state index is 0.0144. The van der Waals surface area contributed by atoms with E-state index in [4.69, 9.17) is 9.47 Å². The molecule has 2 rings (SSSR count). The smallest absolute Gasteiger partial charge is 0.276 e. The average Bonchev–Trinajstić information content (AvgIpc) is 2.58. The van der Waals surface area contributed by atoms with Gasteiger partial charge >= 0.3 is 0 Å². The Hall–Kier alpha value is -2.06. The Morgan fingerprint density at radius 1 is 1.15 bits per heavy atom. The van der Waals surface area contributed by atoms with Crippen molar-refractivity contribution < 1.29 is 17.9 Å². The first kappa shape index (κ1) is 21.2. The van der Waals surface area contributed by atoms with Crippen molar-refractivity contribution in [1.82, 2.24) is 4.83 Å². The van der Waals surface area contributed by atoms with Gasteiger partial charge in [0.05, 0.1) is 28.8 Å². The maximum atomic E-state index is 12.4. The summed E-state index contributed by atoms with van der Waals surface area (Å²) in [5.41, 5.74) is 2.58. The molecule has 2 aromatic rings. The SMILES string of the molecule is COc1cc(/C=N/NS(=O)(=O)c2ccc(C)c(C)c2)cc(Br)c1OC(C)C. The lowest BCUT2D eigenvalue weighted by Gasteiger charge is -2.15. The van der Waals surface area contributed by atoms with E-state index in [1.165, 1.54) is 13.3 Å². The van der Waals surface area contributed by atoms with Gasteiger partial charge in [0.1, 0.15) is 0 Å². The Kier molecular flexibility index (Phi) is 6.89. The predicted octanol–water partition coefficient (Wildman–Crippen LogP) is 4.17. The van der Waals surface area contributed by atoms with Crippen LogP contribution >= 0.6 is 15.9 Å². The Bertz CT molecular complexity index is 956. The fourth-order valence-electron chi connectivity index (χ4n) is 2.27. The maximum absolute atomic E-state index is 12.4. The first-order valence-electron chi connectivity index (χ1n) is 8.30. The van der Waals surface area contributed by atoms with Gasteiger partial charge in [0, 0.05) is 0 Å². The Morgan fingerprint density at radius 3 is 2.44 bits per heavy atom. The van der Waals surface area contributed by atoms with Crippen molar-refractivity contribution in [3.05, 3.63) is 51.5 Å². The van der Waals surface area contributed by atoms with Crippen LogP contribution in [0.5, 0.6) is 11.5 Å². The first-order valence-corrected chi connectivity index (χ1v) is 10.6. The summed E-state index contributed by atoms with van der Waals surface area (Å²) in [5.74, 6) is 1.11. The van der Waals surface area contributed by atoms with E-state index in [0.717, 1.165) is 11.1 Å². The summed E-state index contributed by atoms with van der Waals surface area (Å²) in [6, 6.07) is 8.43. The van der Waals surface area contributed by atoms with Crippen molar-refractivity contribution in [3.8, 4) is 11.5 Å². The molecule has 0 atom stereocenters. The van der Waals surface area contributed by atoms with Gasteiger partial charge in [-0.1, -0.05) is 6.07 Å².